The lowest BCUT2D eigenvalue weighted by molar-refractivity contribution is -0.120. The van der Waals surface area contributed by atoms with Crippen molar-refractivity contribution in [3.63, 3.8) is 0 Å². The van der Waals surface area contributed by atoms with Gasteiger partial charge in [-0.3, -0.25) is 4.79 Å². The number of rotatable bonds is 6. The van der Waals surface area contributed by atoms with Crippen LogP contribution < -0.4 is 5.32 Å². The van der Waals surface area contributed by atoms with Gasteiger partial charge in [0, 0.05) is 23.8 Å². The third-order valence-corrected chi connectivity index (χ3v) is 7.05. The number of carbonyl (C=O) groups excluding carboxylic acids is 2. The summed E-state index contributed by atoms with van der Waals surface area (Å²) in [5, 5.41) is 3.34. The van der Waals surface area contributed by atoms with Gasteiger partial charge in [0.05, 0.1) is 24.3 Å². The number of nitrogens with one attached hydrogen (secondary N) is 1. The Hall–Kier alpha value is -2.42. The second-order valence-electron chi connectivity index (χ2n) is 7.14. The van der Waals surface area contributed by atoms with Crippen LogP contribution >= 0.6 is 11.6 Å². The number of carbonyl (C=O) groups is 2. The molecule has 0 saturated carbocycles. The molecular formula is C21H23ClN2O5S. The first-order valence-electron chi connectivity index (χ1n) is 9.50. The molecule has 0 aromatic heterocycles. The first kappa shape index (κ1) is 22.3. The Morgan fingerprint density at radius 3 is 2.43 bits per heavy atom. The van der Waals surface area contributed by atoms with Crippen LogP contribution in [0.4, 0.5) is 5.69 Å². The second kappa shape index (κ2) is 9.59. The molecule has 1 N–H and O–H groups in total. The molecular weight excluding hydrogens is 428 g/mol. The summed E-state index contributed by atoms with van der Waals surface area (Å²) in [4.78, 5) is 24.2. The van der Waals surface area contributed by atoms with Crippen LogP contribution in [0.3, 0.4) is 0 Å². The van der Waals surface area contributed by atoms with Crippen molar-refractivity contribution < 1.29 is 22.7 Å². The van der Waals surface area contributed by atoms with Crippen LogP contribution in [0.15, 0.2) is 48.5 Å². The van der Waals surface area contributed by atoms with Crippen LogP contribution in [-0.2, 0) is 25.3 Å². The number of piperidine rings is 1. The predicted octanol–water partition coefficient (Wildman–Crippen LogP) is 3.31. The van der Waals surface area contributed by atoms with E-state index >= 15 is 0 Å². The molecule has 2 aromatic rings. The average Bonchev–Trinajstić information content (AvgIpc) is 2.75. The number of methoxy groups -OCH3 is 1. The van der Waals surface area contributed by atoms with Gasteiger partial charge in [-0.1, -0.05) is 23.7 Å². The van der Waals surface area contributed by atoms with E-state index in [1.54, 1.807) is 48.5 Å². The highest BCUT2D eigenvalue weighted by molar-refractivity contribution is 7.88. The highest BCUT2D eigenvalue weighted by Gasteiger charge is 2.32. The van der Waals surface area contributed by atoms with E-state index in [0.717, 1.165) is 0 Å². The number of sulfonamides is 1. The molecule has 1 amide bonds. The molecule has 0 spiro atoms. The Labute approximate surface area is 181 Å². The topological polar surface area (TPSA) is 92.8 Å². The quantitative estimate of drug-likeness (QED) is 0.681. The van der Waals surface area contributed by atoms with Crippen molar-refractivity contribution in [2.75, 3.05) is 25.5 Å². The van der Waals surface area contributed by atoms with Crippen LogP contribution in [-0.4, -0.2) is 44.8 Å². The lowest BCUT2D eigenvalue weighted by Gasteiger charge is -2.31. The lowest BCUT2D eigenvalue weighted by Crippen LogP contribution is -2.44. The molecule has 2 aromatic carbocycles. The fourth-order valence-electron chi connectivity index (χ4n) is 3.34. The van der Waals surface area contributed by atoms with Crippen molar-refractivity contribution in [1.82, 2.24) is 4.31 Å². The largest absolute Gasteiger partial charge is 0.465 e. The molecule has 1 atom stereocenters. The van der Waals surface area contributed by atoms with E-state index in [9.17, 15) is 18.0 Å². The minimum absolute atomic E-state index is 0.131. The third kappa shape index (κ3) is 5.59. The number of ether oxygens (including phenoxy) is 1. The fourth-order valence-corrected chi connectivity index (χ4v) is 5.08. The van der Waals surface area contributed by atoms with Crippen LogP contribution in [0, 0.1) is 5.92 Å². The Bertz CT molecular complexity index is 1010. The zero-order valence-corrected chi connectivity index (χ0v) is 18.1. The molecule has 1 saturated heterocycles. The zero-order chi connectivity index (χ0) is 21.7. The summed E-state index contributed by atoms with van der Waals surface area (Å²) in [7, 11) is -2.25. The summed E-state index contributed by atoms with van der Waals surface area (Å²) in [5.74, 6) is -1.28. The summed E-state index contributed by atoms with van der Waals surface area (Å²) in [6.45, 7) is 0.537. The number of amides is 1. The Kier molecular flexibility index (Phi) is 7.12. The highest BCUT2D eigenvalue weighted by atomic mass is 35.5. The Balaban J connectivity index is 1.62. The van der Waals surface area contributed by atoms with Crippen LogP contribution in [0.25, 0.3) is 0 Å². The van der Waals surface area contributed by atoms with E-state index in [0.29, 0.717) is 41.2 Å². The van der Waals surface area contributed by atoms with E-state index in [1.165, 1.54) is 11.4 Å². The highest BCUT2D eigenvalue weighted by Crippen LogP contribution is 2.23. The number of hydrogen-bond donors (Lipinski definition) is 1. The SMILES string of the molecule is COC(=O)c1ccc(NC(=O)[C@@H]2CCCN(S(=O)(=O)Cc3ccc(Cl)cc3)C2)cc1. The van der Waals surface area contributed by atoms with Gasteiger partial charge in [-0.25, -0.2) is 17.5 Å². The number of hydrogen-bond acceptors (Lipinski definition) is 5. The van der Waals surface area contributed by atoms with Crippen molar-refractivity contribution in [3.8, 4) is 0 Å². The van der Waals surface area contributed by atoms with Crippen molar-refractivity contribution in [3.05, 3.63) is 64.7 Å². The smallest absolute Gasteiger partial charge is 0.337 e. The zero-order valence-electron chi connectivity index (χ0n) is 16.5. The summed E-state index contributed by atoms with van der Waals surface area (Å²) < 4.78 is 31.7. The predicted molar refractivity (Wildman–Crippen MR) is 115 cm³/mol. The van der Waals surface area contributed by atoms with Gasteiger partial charge in [0.1, 0.15) is 0 Å². The number of anilines is 1. The summed E-state index contributed by atoms with van der Waals surface area (Å²) in [6.07, 6.45) is 1.22. The fraction of sp³-hybridized carbons (Fsp3) is 0.333. The maximum atomic E-state index is 12.8. The number of halogens is 1. The van der Waals surface area contributed by atoms with Crippen molar-refractivity contribution in [1.29, 1.82) is 0 Å². The molecule has 1 heterocycles. The molecule has 7 nitrogen and oxygen atoms in total. The molecule has 0 aliphatic carbocycles. The molecule has 0 unspecified atom stereocenters. The number of benzene rings is 2. The Morgan fingerprint density at radius 2 is 1.80 bits per heavy atom. The third-order valence-electron chi connectivity index (χ3n) is 4.98. The molecule has 9 heteroatoms. The first-order valence-corrected chi connectivity index (χ1v) is 11.5. The van der Waals surface area contributed by atoms with Gasteiger partial charge in [-0.05, 0) is 54.8 Å². The van der Waals surface area contributed by atoms with Gasteiger partial charge in [-0.15, -0.1) is 0 Å². The van der Waals surface area contributed by atoms with E-state index in [4.69, 9.17) is 11.6 Å². The molecule has 160 valence electrons. The van der Waals surface area contributed by atoms with Gasteiger partial charge in [0.15, 0.2) is 0 Å². The van der Waals surface area contributed by atoms with Gasteiger partial charge >= 0.3 is 5.97 Å². The Morgan fingerprint density at radius 1 is 1.13 bits per heavy atom. The second-order valence-corrected chi connectivity index (χ2v) is 9.54. The minimum Gasteiger partial charge on any atom is -0.465 e. The van der Waals surface area contributed by atoms with E-state index < -0.39 is 21.9 Å². The standard InChI is InChI=1S/C21H23ClN2O5S/c1-29-21(26)16-6-10-19(11-7-16)23-20(25)17-3-2-12-24(13-17)30(27,28)14-15-4-8-18(22)9-5-15/h4-11,17H,2-3,12-14H2,1H3,(H,23,25)/t17-/m1/s1. The minimum atomic E-state index is -3.55. The molecule has 0 radical (unpaired) electrons. The van der Waals surface area contributed by atoms with Gasteiger partial charge in [0.2, 0.25) is 15.9 Å². The lowest BCUT2D eigenvalue weighted by atomic mass is 9.98. The van der Waals surface area contributed by atoms with Gasteiger partial charge in [0.25, 0.3) is 0 Å². The monoisotopic (exact) mass is 450 g/mol. The molecule has 30 heavy (non-hydrogen) atoms. The average molecular weight is 451 g/mol. The van der Waals surface area contributed by atoms with E-state index in [-0.39, 0.29) is 18.2 Å². The van der Waals surface area contributed by atoms with E-state index in [1.807, 2.05) is 0 Å². The van der Waals surface area contributed by atoms with Crippen LogP contribution in [0.2, 0.25) is 5.02 Å². The van der Waals surface area contributed by atoms with E-state index in [2.05, 4.69) is 10.1 Å². The number of nitrogens with zero attached hydrogens (tertiary/aromatic N) is 1. The number of esters is 1. The summed E-state index contributed by atoms with van der Waals surface area (Å²) in [5.41, 5.74) is 1.57. The van der Waals surface area contributed by atoms with Crippen molar-refractivity contribution in [2.24, 2.45) is 5.92 Å². The molecule has 1 aliphatic rings. The van der Waals surface area contributed by atoms with Crippen molar-refractivity contribution in [2.45, 2.75) is 18.6 Å². The van der Waals surface area contributed by atoms with Gasteiger partial charge < -0.3 is 10.1 Å². The molecule has 3 rings (SSSR count). The van der Waals surface area contributed by atoms with Crippen molar-refractivity contribution >= 4 is 39.2 Å². The van der Waals surface area contributed by atoms with Crippen LogP contribution in [0.5, 0.6) is 0 Å². The molecule has 0 bridgehead atoms. The van der Waals surface area contributed by atoms with Gasteiger partial charge in [-0.2, -0.15) is 0 Å². The van der Waals surface area contributed by atoms with Crippen LogP contribution in [0.1, 0.15) is 28.8 Å². The first-order chi connectivity index (χ1) is 14.3. The maximum Gasteiger partial charge on any atom is 0.337 e. The normalized spacial score (nSPS) is 17.3. The summed E-state index contributed by atoms with van der Waals surface area (Å²) >= 11 is 5.86. The molecule has 1 fully saturated rings. The summed E-state index contributed by atoms with van der Waals surface area (Å²) in [6, 6.07) is 13.0. The maximum absolute atomic E-state index is 12.8. The molecule has 1 aliphatic heterocycles.